The number of fused-ring (bicyclic) bond motifs is 1. The van der Waals surface area contributed by atoms with Gasteiger partial charge in [-0.05, 0) is 99.0 Å². The second-order valence-electron chi connectivity index (χ2n) is 9.89. The van der Waals surface area contributed by atoms with E-state index in [1.807, 2.05) is 25.1 Å². The van der Waals surface area contributed by atoms with Gasteiger partial charge in [-0.2, -0.15) is 0 Å². The molecule has 0 unspecified atom stereocenters. The third kappa shape index (κ3) is 6.60. The molecule has 0 spiro atoms. The van der Waals surface area contributed by atoms with Gasteiger partial charge in [-0.3, -0.25) is 9.69 Å². The molecule has 1 aliphatic carbocycles. The zero-order valence-electron chi connectivity index (χ0n) is 20.5. The number of nitrogens with zero attached hydrogens (tertiary/aromatic N) is 1. The molecule has 1 N–H and O–H groups in total. The summed E-state index contributed by atoms with van der Waals surface area (Å²) in [4.78, 5) is 15.6. The van der Waals surface area contributed by atoms with E-state index in [0.717, 1.165) is 62.1 Å². The van der Waals surface area contributed by atoms with Gasteiger partial charge in [0.1, 0.15) is 5.75 Å². The van der Waals surface area contributed by atoms with E-state index >= 15 is 0 Å². The Morgan fingerprint density at radius 1 is 1.06 bits per heavy atom. The lowest BCUT2D eigenvalue weighted by atomic mass is 9.87. The van der Waals surface area contributed by atoms with E-state index in [4.69, 9.17) is 4.74 Å². The molecule has 0 bridgehead atoms. The van der Waals surface area contributed by atoms with Crippen molar-refractivity contribution in [2.75, 3.05) is 19.7 Å². The van der Waals surface area contributed by atoms with Crippen LogP contribution in [0.15, 0.2) is 36.4 Å². The normalized spacial score (nSPS) is 18.9. The topological polar surface area (TPSA) is 41.6 Å². The van der Waals surface area contributed by atoms with Crippen LogP contribution in [0.3, 0.4) is 0 Å². The lowest BCUT2D eigenvalue weighted by Gasteiger charge is -2.27. The molecule has 178 valence electrons. The molecular formula is C29H40N2O2. The lowest BCUT2D eigenvalue weighted by molar-refractivity contribution is 0.0933. The number of rotatable bonds is 8. The summed E-state index contributed by atoms with van der Waals surface area (Å²) in [7, 11) is 0. The molecule has 1 atom stereocenters. The number of nitrogens with one attached hydrogen (secondary N) is 1. The molecule has 2 aliphatic rings. The molecule has 33 heavy (non-hydrogen) atoms. The first-order valence-corrected chi connectivity index (χ1v) is 13.0. The van der Waals surface area contributed by atoms with Gasteiger partial charge in [0.05, 0.1) is 6.61 Å². The third-order valence-electron chi connectivity index (χ3n) is 7.15. The molecule has 0 aromatic heterocycles. The third-order valence-corrected chi connectivity index (χ3v) is 7.15. The number of amides is 1. The Kier molecular flexibility index (Phi) is 8.44. The Morgan fingerprint density at radius 2 is 1.88 bits per heavy atom. The predicted molar refractivity (Wildman–Crippen MR) is 135 cm³/mol. The van der Waals surface area contributed by atoms with Crippen molar-refractivity contribution in [3.8, 4) is 5.75 Å². The summed E-state index contributed by atoms with van der Waals surface area (Å²) in [6.07, 6.45) is 10.5. The average molecular weight is 449 g/mol. The van der Waals surface area contributed by atoms with Crippen molar-refractivity contribution in [3.05, 3.63) is 64.2 Å². The summed E-state index contributed by atoms with van der Waals surface area (Å²) in [5, 5.41) is 3.29. The highest BCUT2D eigenvalue weighted by Crippen LogP contribution is 2.25. The summed E-state index contributed by atoms with van der Waals surface area (Å²) < 4.78 is 5.78. The van der Waals surface area contributed by atoms with E-state index in [9.17, 15) is 4.79 Å². The molecule has 2 aromatic rings. The number of hydrogen-bond donors (Lipinski definition) is 1. The molecule has 2 aromatic carbocycles. The van der Waals surface area contributed by atoms with Crippen molar-refractivity contribution in [1.82, 2.24) is 10.2 Å². The highest BCUT2D eigenvalue weighted by Gasteiger charge is 2.22. The maximum atomic E-state index is 13.0. The Hall–Kier alpha value is -2.33. The van der Waals surface area contributed by atoms with Gasteiger partial charge in [0.15, 0.2) is 0 Å². The quantitative estimate of drug-likeness (QED) is 0.516. The van der Waals surface area contributed by atoms with Crippen molar-refractivity contribution in [3.63, 3.8) is 0 Å². The van der Waals surface area contributed by atoms with E-state index in [-0.39, 0.29) is 11.9 Å². The minimum absolute atomic E-state index is 0.0267. The van der Waals surface area contributed by atoms with Crippen LogP contribution in [-0.2, 0) is 19.4 Å². The predicted octanol–water partition coefficient (Wildman–Crippen LogP) is 5.84. The number of ether oxygens (including phenoxy) is 1. The smallest absolute Gasteiger partial charge is 0.251 e. The molecule has 0 saturated carbocycles. The van der Waals surface area contributed by atoms with Crippen LogP contribution in [-0.4, -0.2) is 36.5 Å². The van der Waals surface area contributed by atoms with Gasteiger partial charge in [-0.25, -0.2) is 0 Å². The maximum absolute atomic E-state index is 13.0. The van der Waals surface area contributed by atoms with Gasteiger partial charge in [-0.15, -0.1) is 0 Å². The number of unbranched alkanes of at least 4 members (excludes halogenated alkanes) is 1. The number of carbonyl (C=O) groups is 1. The zero-order valence-corrected chi connectivity index (χ0v) is 20.5. The number of likely N-dealkylation sites (tertiary alicyclic amines) is 1. The number of carbonyl (C=O) groups excluding carboxylic acids is 1. The Labute approximate surface area is 199 Å². The first kappa shape index (κ1) is 23.8. The fourth-order valence-corrected chi connectivity index (χ4v) is 5.16. The molecule has 4 nitrogen and oxygen atoms in total. The molecule has 0 radical (unpaired) electrons. The number of aryl methyl sites for hydroxylation is 2. The molecule has 1 heterocycles. The lowest BCUT2D eigenvalue weighted by Crippen LogP contribution is -2.39. The molecule has 1 amide bonds. The molecule has 1 aliphatic heterocycles. The van der Waals surface area contributed by atoms with Crippen molar-refractivity contribution in [1.29, 1.82) is 0 Å². The highest BCUT2D eigenvalue weighted by molar-refractivity contribution is 5.96. The largest absolute Gasteiger partial charge is 0.494 e. The van der Waals surface area contributed by atoms with Crippen LogP contribution in [0.1, 0.15) is 84.5 Å². The highest BCUT2D eigenvalue weighted by atomic mass is 16.5. The van der Waals surface area contributed by atoms with Crippen molar-refractivity contribution in [2.24, 2.45) is 0 Å². The summed E-state index contributed by atoms with van der Waals surface area (Å²) in [6, 6.07) is 13.0. The van der Waals surface area contributed by atoms with Crippen LogP contribution in [0.2, 0.25) is 0 Å². The second-order valence-corrected chi connectivity index (χ2v) is 9.89. The zero-order chi connectivity index (χ0) is 23.0. The monoisotopic (exact) mass is 448 g/mol. The minimum atomic E-state index is 0.0267. The van der Waals surface area contributed by atoms with Crippen LogP contribution in [0.25, 0.3) is 0 Å². The molecule has 4 rings (SSSR count). The number of hydrogen-bond acceptors (Lipinski definition) is 3. The van der Waals surface area contributed by atoms with Gasteiger partial charge < -0.3 is 10.1 Å². The molecule has 1 fully saturated rings. The number of benzene rings is 2. The minimum Gasteiger partial charge on any atom is -0.494 e. The molecule has 1 saturated heterocycles. The SMILES string of the molecule is CCCCOc1ccc(C(=O)N[C@H]2CCc3cc(CN4CCCCCC4)ccc3C2)c(C)c1. The first-order valence-electron chi connectivity index (χ1n) is 13.0. The molecular weight excluding hydrogens is 408 g/mol. The Balaban J connectivity index is 1.33. The van der Waals surface area contributed by atoms with Gasteiger partial charge in [0, 0.05) is 18.2 Å². The Morgan fingerprint density at radius 3 is 2.64 bits per heavy atom. The van der Waals surface area contributed by atoms with Gasteiger partial charge >= 0.3 is 0 Å². The van der Waals surface area contributed by atoms with Crippen LogP contribution in [0.5, 0.6) is 5.75 Å². The van der Waals surface area contributed by atoms with E-state index < -0.39 is 0 Å². The van der Waals surface area contributed by atoms with E-state index in [2.05, 4.69) is 35.3 Å². The summed E-state index contributed by atoms with van der Waals surface area (Å²) in [5.74, 6) is 0.874. The van der Waals surface area contributed by atoms with Crippen molar-refractivity contribution >= 4 is 5.91 Å². The van der Waals surface area contributed by atoms with E-state index in [0.29, 0.717) is 0 Å². The fourth-order valence-electron chi connectivity index (χ4n) is 5.16. The maximum Gasteiger partial charge on any atom is 0.251 e. The van der Waals surface area contributed by atoms with Crippen LogP contribution in [0, 0.1) is 6.92 Å². The summed E-state index contributed by atoms with van der Waals surface area (Å²) >= 11 is 0. The standard InChI is InChI=1S/C29H40N2O2/c1-3-4-17-33-27-13-14-28(22(2)18-27)29(32)30-26-12-11-24-19-23(9-10-25(24)20-26)21-31-15-7-5-6-8-16-31/h9-10,13-14,18-19,26H,3-8,11-12,15-17,20-21H2,1-2H3,(H,30,32)/t26-/m0/s1. The fraction of sp³-hybridized carbons (Fsp3) is 0.552. The first-order chi connectivity index (χ1) is 16.1. The van der Waals surface area contributed by atoms with Crippen LogP contribution >= 0.6 is 0 Å². The van der Waals surface area contributed by atoms with Crippen molar-refractivity contribution < 1.29 is 9.53 Å². The van der Waals surface area contributed by atoms with E-state index in [1.54, 1.807) is 0 Å². The van der Waals surface area contributed by atoms with Gasteiger partial charge in [-0.1, -0.05) is 44.4 Å². The van der Waals surface area contributed by atoms with E-state index in [1.165, 1.54) is 55.5 Å². The van der Waals surface area contributed by atoms with Crippen LogP contribution in [0.4, 0.5) is 0 Å². The van der Waals surface area contributed by atoms with Crippen LogP contribution < -0.4 is 10.1 Å². The Bertz CT molecular complexity index is 931. The van der Waals surface area contributed by atoms with Gasteiger partial charge in [0.2, 0.25) is 0 Å². The summed E-state index contributed by atoms with van der Waals surface area (Å²) in [5.41, 5.74) is 6.02. The average Bonchev–Trinajstić information content (AvgIpc) is 3.08. The van der Waals surface area contributed by atoms with Crippen molar-refractivity contribution in [2.45, 2.75) is 84.2 Å². The van der Waals surface area contributed by atoms with Gasteiger partial charge in [0.25, 0.3) is 5.91 Å². The second kappa shape index (κ2) is 11.7. The molecule has 4 heteroatoms. The summed E-state index contributed by atoms with van der Waals surface area (Å²) in [6.45, 7) is 8.41.